The quantitative estimate of drug-likeness (QED) is 0.254. The molecule has 1 aliphatic heterocycles. The molecular formula is C18H19Cl5O3S. The van der Waals surface area contributed by atoms with Crippen molar-refractivity contribution >= 4 is 75.7 Å². The third-order valence-corrected chi connectivity index (χ3v) is 8.49. The molecule has 1 saturated carbocycles. The molecule has 1 aromatic carbocycles. The molecule has 2 aliphatic rings. The highest BCUT2D eigenvalue weighted by atomic mass is 35.5. The second kappa shape index (κ2) is 7.61. The van der Waals surface area contributed by atoms with E-state index in [1.807, 2.05) is 13.8 Å². The van der Waals surface area contributed by atoms with Crippen LogP contribution in [0, 0.1) is 17.3 Å². The summed E-state index contributed by atoms with van der Waals surface area (Å²) in [4.78, 5) is 12.5. The van der Waals surface area contributed by atoms with Gasteiger partial charge in [-0.2, -0.15) is 0 Å². The summed E-state index contributed by atoms with van der Waals surface area (Å²) in [6.45, 7) is 6.85. The summed E-state index contributed by atoms with van der Waals surface area (Å²) < 4.78 is 9.32. The van der Waals surface area contributed by atoms with Crippen LogP contribution in [0.4, 0.5) is 0 Å². The molecule has 0 amide bonds. The zero-order chi connectivity index (χ0) is 20.2. The lowest BCUT2D eigenvalue weighted by atomic mass is 10.1. The average molecular weight is 493 g/mol. The number of halogens is 5. The Morgan fingerprint density at radius 1 is 1.26 bits per heavy atom. The van der Waals surface area contributed by atoms with Crippen LogP contribution >= 0.6 is 69.8 Å². The Balaban J connectivity index is 1.74. The van der Waals surface area contributed by atoms with Gasteiger partial charge in [0.1, 0.15) is 4.93 Å². The molecule has 3 unspecified atom stereocenters. The van der Waals surface area contributed by atoms with Crippen molar-refractivity contribution in [2.24, 2.45) is 17.3 Å². The number of hydrogen-bond acceptors (Lipinski definition) is 4. The molecule has 3 rings (SSSR count). The van der Waals surface area contributed by atoms with Crippen molar-refractivity contribution in [3.8, 4) is 0 Å². The lowest BCUT2D eigenvalue weighted by Gasteiger charge is -2.23. The highest BCUT2D eigenvalue weighted by molar-refractivity contribution is 8.00. The van der Waals surface area contributed by atoms with E-state index in [2.05, 4.69) is 6.92 Å². The van der Waals surface area contributed by atoms with Crippen molar-refractivity contribution in [1.82, 2.24) is 0 Å². The predicted molar refractivity (Wildman–Crippen MR) is 113 cm³/mol. The Kier molecular flexibility index (Phi) is 6.24. The molecule has 0 N–H and O–H groups in total. The number of benzene rings is 1. The Bertz CT molecular complexity index is 762. The van der Waals surface area contributed by atoms with Crippen molar-refractivity contribution in [3.63, 3.8) is 0 Å². The molecule has 3 nitrogen and oxygen atoms in total. The van der Waals surface area contributed by atoms with Crippen LogP contribution in [0.3, 0.4) is 0 Å². The molecule has 27 heavy (non-hydrogen) atoms. The molecule has 1 aromatic rings. The first-order chi connectivity index (χ1) is 12.4. The van der Waals surface area contributed by atoms with Gasteiger partial charge >= 0.3 is 5.97 Å². The Morgan fingerprint density at radius 2 is 1.93 bits per heavy atom. The van der Waals surface area contributed by atoms with E-state index < -0.39 is 10.5 Å². The van der Waals surface area contributed by atoms with Crippen molar-refractivity contribution < 1.29 is 14.3 Å². The van der Waals surface area contributed by atoms with Gasteiger partial charge in [-0.15, -0.1) is 11.8 Å². The van der Waals surface area contributed by atoms with E-state index >= 15 is 0 Å². The summed E-state index contributed by atoms with van der Waals surface area (Å²) in [5.74, 6) is 0.288. The second-order valence-corrected chi connectivity index (χ2v) is 11.6. The fourth-order valence-corrected chi connectivity index (χ4v) is 5.96. The van der Waals surface area contributed by atoms with Gasteiger partial charge in [0, 0.05) is 11.3 Å². The maximum atomic E-state index is 12.8. The number of rotatable bonds is 5. The molecule has 0 radical (unpaired) electrons. The van der Waals surface area contributed by atoms with Crippen LogP contribution in [-0.4, -0.2) is 23.3 Å². The zero-order valence-electron chi connectivity index (χ0n) is 15.0. The van der Waals surface area contributed by atoms with Crippen molar-refractivity contribution in [1.29, 1.82) is 0 Å². The van der Waals surface area contributed by atoms with Crippen LogP contribution in [0.1, 0.15) is 32.8 Å². The van der Waals surface area contributed by atoms with Crippen LogP contribution < -0.4 is 0 Å². The molecule has 2 fully saturated rings. The standard InChI is InChI=1S/C18H19Cl5O3S/c1-16(2)10(8-17(3)25-6-7-27-17)12(16)15(24)26-18(22,23)9-4-5-11(19)14(21)13(9)20/h4-5,10,12H,6-8H2,1-3H3. The van der Waals surface area contributed by atoms with E-state index in [4.69, 9.17) is 67.5 Å². The van der Waals surface area contributed by atoms with Gasteiger partial charge in [-0.25, -0.2) is 0 Å². The maximum absolute atomic E-state index is 12.8. The van der Waals surface area contributed by atoms with Crippen molar-refractivity contribution in [3.05, 3.63) is 32.8 Å². The van der Waals surface area contributed by atoms with Gasteiger partial charge in [0.2, 0.25) is 0 Å². The van der Waals surface area contributed by atoms with Gasteiger partial charge in [0.15, 0.2) is 0 Å². The van der Waals surface area contributed by atoms with E-state index in [1.54, 1.807) is 11.8 Å². The van der Waals surface area contributed by atoms with Gasteiger partial charge in [0.05, 0.1) is 27.6 Å². The third kappa shape index (κ3) is 4.33. The Morgan fingerprint density at radius 3 is 2.52 bits per heavy atom. The highest BCUT2D eigenvalue weighted by Crippen LogP contribution is 2.64. The number of carbonyl (C=O) groups excluding carboxylic acids is 1. The normalized spacial score (nSPS) is 29.6. The van der Waals surface area contributed by atoms with Crippen molar-refractivity contribution in [2.75, 3.05) is 12.4 Å². The molecule has 0 spiro atoms. The molecule has 1 aliphatic carbocycles. The lowest BCUT2D eigenvalue weighted by Crippen LogP contribution is -2.24. The first-order valence-corrected chi connectivity index (χ1v) is 11.3. The fourth-order valence-electron chi connectivity index (χ4n) is 3.66. The highest BCUT2D eigenvalue weighted by Gasteiger charge is 2.65. The summed E-state index contributed by atoms with van der Waals surface area (Å²) in [7, 11) is 0. The zero-order valence-corrected chi connectivity index (χ0v) is 19.5. The number of hydrogen-bond donors (Lipinski definition) is 0. The molecule has 0 aromatic heterocycles. The number of esters is 1. The minimum Gasteiger partial charge on any atom is -0.424 e. The van der Waals surface area contributed by atoms with Crippen LogP contribution in [-0.2, 0) is 18.8 Å². The van der Waals surface area contributed by atoms with Gasteiger partial charge in [-0.05, 0) is 36.8 Å². The van der Waals surface area contributed by atoms with E-state index in [1.165, 1.54) is 12.1 Å². The predicted octanol–water partition coefficient (Wildman–Crippen LogP) is 6.92. The minimum absolute atomic E-state index is 0.0526. The summed E-state index contributed by atoms with van der Waals surface area (Å²) in [5, 5.41) is 0.411. The molecule has 1 heterocycles. The summed E-state index contributed by atoms with van der Waals surface area (Å²) in [6, 6.07) is 2.99. The van der Waals surface area contributed by atoms with Crippen LogP contribution in [0.25, 0.3) is 0 Å². The second-order valence-electron chi connectivity index (χ2n) is 7.60. The number of alkyl halides is 2. The SMILES string of the molecule is CC1(CC2C(C(=O)OC(Cl)(Cl)c3ccc(Cl)c(Cl)c3Cl)C2(C)C)OCCS1. The van der Waals surface area contributed by atoms with E-state index in [0.717, 1.165) is 18.8 Å². The van der Waals surface area contributed by atoms with E-state index in [-0.39, 0.29) is 42.8 Å². The summed E-state index contributed by atoms with van der Waals surface area (Å²) >= 11 is 32.5. The first kappa shape index (κ1) is 22.1. The smallest absolute Gasteiger partial charge is 0.312 e. The molecule has 1 saturated heterocycles. The number of thioether (sulfide) groups is 1. The van der Waals surface area contributed by atoms with E-state index in [0.29, 0.717) is 0 Å². The number of carbonyl (C=O) groups is 1. The third-order valence-electron chi connectivity index (χ3n) is 5.37. The maximum Gasteiger partial charge on any atom is 0.312 e. The fraction of sp³-hybridized carbons (Fsp3) is 0.611. The number of ether oxygens (including phenoxy) is 2. The molecular weight excluding hydrogens is 474 g/mol. The van der Waals surface area contributed by atoms with Crippen LogP contribution in [0.15, 0.2) is 12.1 Å². The largest absolute Gasteiger partial charge is 0.424 e. The van der Waals surface area contributed by atoms with Gasteiger partial charge in [-0.1, -0.05) is 71.9 Å². The van der Waals surface area contributed by atoms with Gasteiger partial charge in [0.25, 0.3) is 4.52 Å². The molecule has 150 valence electrons. The topological polar surface area (TPSA) is 35.5 Å². The summed E-state index contributed by atoms with van der Waals surface area (Å²) in [6.07, 6.45) is 0.759. The Hall–Kier alpha value is 0.450. The Labute approximate surface area is 188 Å². The lowest BCUT2D eigenvalue weighted by molar-refractivity contribution is -0.150. The average Bonchev–Trinajstić information content (AvgIpc) is 2.87. The molecule has 3 atom stereocenters. The van der Waals surface area contributed by atoms with E-state index in [9.17, 15) is 4.79 Å². The first-order valence-electron chi connectivity index (χ1n) is 8.41. The van der Waals surface area contributed by atoms with Gasteiger partial charge < -0.3 is 9.47 Å². The summed E-state index contributed by atoms with van der Waals surface area (Å²) in [5.41, 5.74) is -0.0513. The van der Waals surface area contributed by atoms with Crippen molar-refractivity contribution in [2.45, 2.75) is 36.6 Å². The van der Waals surface area contributed by atoms with Gasteiger partial charge in [-0.3, -0.25) is 4.79 Å². The molecule has 9 heteroatoms. The minimum atomic E-state index is -1.96. The van der Waals surface area contributed by atoms with Crippen LogP contribution in [0.2, 0.25) is 15.1 Å². The van der Waals surface area contributed by atoms with Crippen LogP contribution in [0.5, 0.6) is 0 Å². The monoisotopic (exact) mass is 490 g/mol. The molecule has 0 bridgehead atoms.